The lowest BCUT2D eigenvalue weighted by Gasteiger charge is -2.09. The number of urea groups is 1. The third-order valence-corrected chi connectivity index (χ3v) is 2.37. The normalized spacial score (nSPS) is 19.4. The third kappa shape index (κ3) is 1.67. The summed E-state index contributed by atoms with van der Waals surface area (Å²) in [6.45, 7) is 0.0535. The Hall–Kier alpha value is -2.16. The molecule has 1 aliphatic rings. The Morgan fingerprint density at radius 3 is 2.81 bits per heavy atom. The van der Waals surface area contributed by atoms with Crippen molar-refractivity contribution in [1.29, 1.82) is 5.26 Å². The molecule has 16 heavy (non-hydrogen) atoms. The van der Waals surface area contributed by atoms with E-state index in [1.165, 1.54) is 6.07 Å². The fraction of sp³-hybridized carbons (Fsp3) is 0.200. The van der Waals surface area contributed by atoms with Crippen LogP contribution in [-0.4, -0.2) is 17.5 Å². The molecule has 1 heterocycles. The number of rotatable bonds is 1. The quantitative estimate of drug-likeness (QED) is 0.733. The van der Waals surface area contributed by atoms with Gasteiger partial charge in [0.2, 0.25) is 0 Å². The van der Waals surface area contributed by atoms with Crippen LogP contribution in [0.15, 0.2) is 18.2 Å². The van der Waals surface area contributed by atoms with Crippen molar-refractivity contribution >= 4 is 6.03 Å². The number of nitrogens with zero attached hydrogens (tertiary/aromatic N) is 2. The van der Waals surface area contributed by atoms with Crippen molar-refractivity contribution in [3.63, 3.8) is 0 Å². The number of amides is 2. The lowest BCUT2D eigenvalue weighted by atomic mass is 10.1. The Bertz CT molecular complexity index is 483. The largest absolute Gasteiger partial charge is 0.331 e. The number of benzene rings is 1. The average molecular weight is 223 g/mol. The summed E-state index contributed by atoms with van der Waals surface area (Å²) >= 11 is 0. The van der Waals surface area contributed by atoms with E-state index >= 15 is 0 Å². The minimum atomic E-state index is -0.731. The lowest BCUT2D eigenvalue weighted by molar-refractivity contribution is 0.232. The van der Waals surface area contributed by atoms with Crippen molar-refractivity contribution in [1.82, 2.24) is 10.2 Å². The van der Waals surface area contributed by atoms with Gasteiger partial charge in [-0.15, -0.1) is 0 Å². The van der Waals surface area contributed by atoms with Crippen molar-refractivity contribution in [2.24, 2.45) is 0 Å². The van der Waals surface area contributed by atoms with E-state index in [1.54, 1.807) is 6.19 Å². The molecule has 1 unspecified atom stereocenters. The number of hydrogen-bond donors (Lipinski definition) is 1. The van der Waals surface area contributed by atoms with E-state index < -0.39 is 23.7 Å². The fourth-order valence-electron chi connectivity index (χ4n) is 1.58. The van der Waals surface area contributed by atoms with Gasteiger partial charge < -0.3 is 5.32 Å². The summed E-state index contributed by atoms with van der Waals surface area (Å²) in [4.78, 5) is 12.0. The maximum Gasteiger partial charge on any atom is 0.331 e. The molecule has 4 nitrogen and oxygen atoms in total. The molecule has 2 rings (SSSR count). The molecule has 0 bridgehead atoms. The number of hydrogen-bond acceptors (Lipinski definition) is 2. The molecule has 1 fully saturated rings. The van der Waals surface area contributed by atoms with Crippen LogP contribution in [0.4, 0.5) is 13.6 Å². The minimum absolute atomic E-state index is 0.0535. The van der Waals surface area contributed by atoms with Crippen molar-refractivity contribution in [2.45, 2.75) is 6.04 Å². The van der Waals surface area contributed by atoms with Gasteiger partial charge in [0.25, 0.3) is 0 Å². The monoisotopic (exact) mass is 223 g/mol. The summed E-state index contributed by atoms with van der Waals surface area (Å²) < 4.78 is 26.0. The summed E-state index contributed by atoms with van der Waals surface area (Å²) in [5.41, 5.74) is 0.174. The van der Waals surface area contributed by atoms with Gasteiger partial charge in [0.05, 0.1) is 12.6 Å². The Balaban J connectivity index is 2.27. The van der Waals surface area contributed by atoms with Crippen LogP contribution in [0, 0.1) is 23.1 Å². The van der Waals surface area contributed by atoms with E-state index in [0.717, 1.165) is 17.0 Å². The van der Waals surface area contributed by atoms with Crippen LogP contribution < -0.4 is 5.32 Å². The standard InChI is InChI=1S/C10H7F2N3O/c11-6-1-2-7(8(12)3-6)9-4-15(5-13)10(16)14-9/h1-3,9H,4H2,(H,14,16). The Morgan fingerprint density at radius 2 is 2.25 bits per heavy atom. The first-order chi connectivity index (χ1) is 7.61. The van der Waals surface area contributed by atoms with Crippen molar-refractivity contribution in [3.8, 4) is 6.19 Å². The van der Waals surface area contributed by atoms with Crippen molar-refractivity contribution in [3.05, 3.63) is 35.4 Å². The van der Waals surface area contributed by atoms with Gasteiger partial charge in [-0.25, -0.2) is 18.5 Å². The first-order valence-electron chi connectivity index (χ1n) is 4.54. The number of halogens is 2. The van der Waals surface area contributed by atoms with E-state index in [9.17, 15) is 13.6 Å². The van der Waals surface area contributed by atoms with Gasteiger partial charge in [-0.3, -0.25) is 0 Å². The second kappa shape index (κ2) is 3.77. The first kappa shape index (κ1) is 10.4. The lowest BCUT2D eigenvalue weighted by Crippen LogP contribution is -2.23. The third-order valence-electron chi connectivity index (χ3n) is 2.37. The van der Waals surface area contributed by atoms with Crippen molar-refractivity contribution < 1.29 is 13.6 Å². The highest BCUT2D eigenvalue weighted by Gasteiger charge is 2.31. The van der Waals surface area contributed by atoms with Gasteiger partial charge in [0, 0.05) is 11.6 Å². The van der Waals surface area contributed by atoms with Crippen LogP contribution >= 0.6 is 0 Å². The average Bonchev–Trinajstić information content (AvgIpc) is 2.59. The zero-order valence-corrected chi connectivity index (χ0v) is 8.08. The molecule has 0 spiro atoms. The van der Waals surface area contributed by atoms with E-state index in [-0.39, 0.29) is 12.1 Å². The Kier molecular flexibility index (Phi) is 2.44. The molecular formula is C10H7F2N3O. The molecule has 0 aromatic heterocycles. The zero-order chi connectivity index (χ0) is 11.7. The summed E-state index contributed by atoms with van der Waals surface area (Å²) in [5.74, 6) is -1.41. The van der Waals surface area contributed by atoms with E-state index in [4.69, 9.17) is 5.26 Å². The van der Waals surface area contributed by atoms with Gasteiger partial charge >= 0.3 is 6.03 Å². The van der Waals surface area contributed by atoms with Gasteiger partial charge in [0.1, 0.15) is 11.6 Å². The van der Waals surface area contributed by atoms with E-state index in [2.05, 4.69) is 5.32 Å². The highest BCUT2D eigenvalue weighted by atomic mass is 19.1. The summed E-state index contributed by atoms with van der Waals surface area (Å²) in [7, 11) is 0. The highest BCUT2D eigenvalue weighted by molar-refractivity contribution is 5.78. The fourth-order valence-corrected chi connectivity index (χ4v) is 1.58. The maximum absolute atomic E-state index is 13.4. The molecule has 0 radical (unpaired) electrons. The molecule has 82 valence electrons. The SMILES string of the molecule is N#CN1CC(c2ccc(F)cc2F)NC1=O. The molecular weight excluding hydrogens is 216 g/mol. The Morgan fingerprint density at radius 1 is 1.50 bits per heavy atom. The molecule has 1 aliphatic heterocycles. The number of nitrogens with one attached hydrogen (secondary N) is 1. The molecule has 1 atom stereocenters. The maximum atomic E-state index is 13.4. The molecule has 6 heteroatoms. The summed E-state index contributed by atoms with van der Waals surface area (Å²) in [6, 6.07) is 1.93. The minimum Gasteiger partial charge on any atom is -0.328 e. The van der Waals surface area contributed by atoms with Gasteiger partial charge in [0.15, 0.2) is 6.19 Å². The molecule has 0 aliphatic carbocycles. The zero-order valence-electron chi connectivity index (χ0n) is 8.08. The number of carbonyl (C=O) groups is 1. The van der Waals surface area contributed by atoms with Crippen LogP contribution in [-0.2, 0) is 0 Å². The van der Waals surface area contributed by atoms with Gasteiger partial charge in [-0.1, -0.05) is 6.07 Å². The molecule has 1 N–H and O–H groups in total. The molecule has 2 amide bonds. The van der Waals surface area contributed by atoms with Crippen molar-refractivity contribution in [2.75, 3.05) is 6.54 Å². The highest BCUT2D eigenvalue weighted by Crippen LogP contribution is 2.22. The molecule has 1 saturated heterocycles. The summed E-state index contributed by atoms with van der Waals surface area (Å²) in [6.07, 6.45) is 1.67. The molecule has 1 aromatic rings. The summed E-state index contributed by atoms with van der Waals surface area (Å²) in [5, 5.41) is 11.0. The Labute approximate surface area is 90.1 Å². The predicted octanol–water partition coefficient (Wildman–Crippen LogP) is 1.51. The predicted molar refractivity (Wildman–Crippen MR) is 49.9 cm³/mol. The van der Waals surface area contributed by atoms with Gasteiger partial charge in [-0.05, 0) is 6.07 Å². The second-order valence-electron chi connectivity index (χ2n) is 3.38. The number of carbonyl (C=O) groups excluding carboxylic acids is 1. The van der Waals surface area contributed by atoms with E-state index in [0.29, 0.717) is 0 Å². The van der Waals surface area contributed by atoms with Crippen LogP contribution in [0.25, 0.3) is 0 Å². The van der Waals surface area contributed by atoms with Crippen LogP contribution in [0.3, 0.4) is 0 Å². The molecule has 1 aromatic carbocycles. The van der Waals surface area contributed by atoms with Gasteiger partial charge in [-0.2, -0.15) is 5.26 Å². The first-order valence-corrected chi connectivity index (χ1v) is 4.54. The van der Waals surface area contributed by atoms with Crippen LogP contribution in [0.5, 0.6) is 0 Å². The smallest absolute Gasteiger partial charge is 0.328 e. The molecule has 0 saturated carbocycles. The van der Waals surface area contributed by atoms with Crippen LogP contribution in [0.1, 0.15) is 11.6 Å². The topological polar surface area (TPSA) is 56.1 Å². The second-order valence-corrected chi connectivity index (χ2v) is 3.38. The van der Waals surface area contributed by atoms with Crippen LogP contribution in [0.2, 0.25) is 0 Å². The number of nitriles is 1. The van der Waals surface area contributed by atoms with E-state index in [1.807, 2.05) is 0 Å².